The molecular formula is C22H25N3O2S. The van der Waals surface area contributed by atoms with Crippen molar-refractivity contribution in [3.63, 3.8) is 0 Å². The van der Waals surface area contributed by atoms with Crippen molar-refractivity contribution >= 4 is 17.7 Å². The SMILES string of the molecule is CSc1ccc(-c2cc(C(N)C(=O)NCCO)c(C)n2-c2ccccc2)cc1. The van der Waals surface area contributed by atoms with Crippen LogP contribution in [0.2, 0.25) is 0 Å². The lowest BCUT2D eigenvalue weighted by Gasteiger charge is -2.14. The number of thioether (sulfide) groups is 1. The molecule has 0 bridgehead atoms. The average Bonchev–Trinajstić information content (AvgIpc) is 3.09. The Morgan fingerprint density at radius 1 is 1.18 bits per heavy atom. The topological polar surface area (TPSA) is 80.3 Å². The van der Waals surface area contributed by atoms with Gasteiger partial charge >= 0.3 is 0 Å². The second-order valence-electron chi connectivity index (χ2n) is 6.46. The van der Waals surface area contributed by atoms with Gasteiger partial charge in [0, 0.05) is 22.8 Å². The third-order valence-corrected chi connectivity index (χ3v) is 5.46. The monoisotopic (exact) mass is 395 g/mol. The summed E-state index contributed by atoms with van der Waals surface area (Å²) in [4.78, 5) is 13.6. The van der Waals surface area contributed by atoms with Crippen LogP contribution < -0.4 is 11.1 Å². The van der Waals surface area contributed by atoms with Gasteiger partial charge in [-0.25, -0.2) is 0 Å². The average molecular weight is 396 g/mol. The molecule has 0 aliphatic carbocycles. The van der Waals surface area contributed by atoms with E-state index in [1.165, 1.54) is 4.90 Å². The standard InChI is InChI=1S/C22H25N3O2S/c1-15-19(21(23)22(27)24-12-13-26)14-20(16-8-10-18(28-2)11-9-16)25(15)17-6-4-3-5-7-17/h3-11,14,21,26H,12-13,23H2,1-2H3,(H,24,27). The van der Waals surface area contributed by atoms with Gasteiger partial charge in [0.2, 0.25) is 5.91 Å². The van der Waals surface area contributed by atoms with E-state index in [9.17, 15) is 4.79 Å². The van der Waals surface area contributed by atoms with Crippen molar-refractivity contribution in [3.8, 4) is 16.9 Å². The molecule has 1 heterocycles. The highest BCUT2D eigenvalue weighted by molar-refractivity contribution is 7.98. The zero-order valence-electron chi connectivity index (χ0n) is 16.1. The highest BCUT2D eigenvalue weighted by Crippen LogP contribution is 2.32. The number of nitrogens with two attached hydrogens (primary N) is 1. The highest BCUT2D eigenvalue weighted by Gasteiger charge is 2.23. The predicted octanol–water partition coefficient (Wildman–Crippen LogP) is 3.28. The van der Waals surface area contributed by atoms with Gasteiger partial charge in [0.1, 0.15) is 6.04 Å². The van der Waals surface area contributed by atoms with E-state index in [0.717, 1.165) is 28.2 Å². The van der Waals surface area contributed by atoms with Crippen LogP contribution in [-0.2, 0) is 4.79 Å². The summed E-state index contributed by atoms with van der Waals surface area (Å²) in [5.74, 6) is -0.299. The van der Waals surface area contributed by atoms with Crippen molar-refractivity contribution in [1.29, 1.82) is 0 Å². The first-order valence-electron chi connectivity index (χ1n) is 9.13. The Bertz CT molecular complexity index is 936. The molecule has 28 heavy (non-hydrogen) atoms. The van der Waals surface area contributed by atoms with Gasteiger partial charge in [-0.1, -0.05) is 30.3 Å². The highest BCUT2D eigenvalue weighted by atomic mass is 32.2. The maximum Gasteiger partial charge on any atom is 0.241 e. The zero-order valence-corrected chi connectivity index (χ0v) is 16.9. The van der Waals surface area contributed by atoms with Gasteiger partial charge < -0.3 is 20.7 Å². The van der Waals surface area contributed by atoms with E-state index in [4.69, 9.17) is 10.8 Å². The van der Waals surface area contributed by atoms with Crippen LogP contribution in [-0.4, -0.2) is 35.0 Å². The Morgan fingerprint density at radius 3 is 2.46 bits per heavy atom. The summed E-state index contributed by atoms with van der Waals surface area (Å²) in [5.41, 5.74) is 11.0. The van der Waals surface area contributed by atoms with Crippen LogP contribution in [0.25, 0.3) is 16.9 Å². The first-order chi connectivity index (χ1) is 13.6. The summed E-state index contributed by atoms with van der Waals surface area (Å²) < 4.78 is 2.13. The van der Waals surface area contributed by atoms with E-state index in [1.54, 1.807) is 11.8 Å². The number of benzene rings is 2. The Labute approximate surface area is 169 Å². The van der Waals surface area contributed by atoms with Crippen molar-refractivity contribution in [2.24, 2.45) is 5.73 Å². The number of para-hydroxylation sites is 1. The molecule has 0 spiro atoms. The summed E-state index contributed by atoms with van der Waals surface area (Å²) >= 11 is 1.70. The van der Waals surface area contributed by atoms with Crippen LogP contribution in [0.15, 0.2) is 65.6 Å². The van der Waals surface area contributed by atoms with Gasteiger partial charge in [-0.05, 0) is 54.6 Å². The van der Waals surface area contributed by atoms with Gasteiger partial charge in [-0.3, -0.25) is 4.79 Å². The van der Waals surface area contributed by atoms with Gasteiger partial charge in [0.05, 0.1) is 12.3 Å². The number of nitrogens with zero attached hydrogens (tertiary/aromatic N) is 1. The molecule has 1 atom stereocenters. The minimum atomic E-state index is -0.805. The number of carbonyl (C=O) groups excluding carboxylic acids is 1. The minimum absolute atomic E-state index is 0.116. The Hall–Kier alpha value is -2.54. The largest absolute Gasteiger partial charge is 0.395 e. The third kappa shape index (κ3) is 4.14. The lowest BCUT2D eigenvalue weighted by atomic mass is 10.1. The fraction of sp³-hybridized carbons (Fsp3) is 0.227. The smallest absolute Gasteiger partial charge is 0.241 e. The number of aromatic nitrogens is 1. The first-order valence-corrected chi connectivity index (χ1v) is 10.4. The van der Waals surface area contributed by atoms with E-state index in [1.807, 2.05) is 49.6 Å². The van der Waals surface area contributed by atoms with Crippen LogP contribution in [0, 0.1) is 6.92 Å². The number of carbonyl (C=O) groups is 1. The Morgan fingerprint density at radius 2 is 1.86 bits per heavy atom. The second-order valence-corrected chi connectivity index (χ2v) is 7.34. The molecule has 0 saturated heterocycles. The van der Waals surface area contributed by atoms with Crippen LogP contribution in [0.1, 0.15) is 17.3 Å². The van der Waals surface area contributed by atoms with Gasteiger partial charge in [0.25, 0.3) is 0 Å². The summed E-state index contributed by atoms with van der Waals surface area (Å²) in [7, 11) is 0. The normalized spacial score (nSPS) is 12.0. The summed E-state index contributed by atoms with van der Waals surface area (Å²) in [6.45, 7) is 2.05. The molecule has 3 rings (SSSR count). The number of amides is 1. The molecule has 5 nitrogen and oxygen atoms in total. The number of rotatable bonds is 7. The molecule has 4 N–H and O–H groups in total. The fourth-order valence-corrected chi connectivity index (χ4v) is 3.66. The third-order valence-electron chi connectivity index (χ3n) is 4.72. The Kier molecular flexibility index (Phi) is 6.57. The Balaban J connectivity index is 2.10. The lowest BCUT2D eigenvalue weighted by Crippen LogP contribution is -2.35. The molecule has 6 heteroatoms. The molecule has 2 aromatic carbocycles. The number of hydrogen-bond donors (Lipinski definition) is 3. The number of aliphatic hydroxyl groups is 1. The summed E-state index contributed by atoms with van der Waals surface area (Å²) in [6, 6.07) is 19.6. The molecular weight excluding hydrogens is 370 g/mol. The van der Waals surface area contributed by atoms with Crippen molar-refractivity contribution in [2.75, 3.05) is 19.4 Å². The molecule has 0 aliphatic rings. The maximum atomic E-state index is 12.4. The zero-order chi connectivity index (χ0) is 20.1. The van der Waals surface area contributed by atoms with Crippen molar-refractivity contribution in [1.82, 2.24) is 9.88 Å². The van der Waals surface area contributed by atoms with Crippen LogP contribution in [0.5, 0.6) is 0 Å². The van der Waals surface area contributed by atoms with E-state index in [0.29, 0.717) is 0 Å². The summed E-state index contributed by atoms with van der Waals surface area (Å²) in [5, 5.41) is 11.6. The molecule has 0 fully saturated rings. The van der Waals surface area contributed by atoms with Crippen molar-refractivity contribution in [2.45, 2.75) is 17.9 Å². The molecule has 3 aromatic rings. The van der Waals surface area contributed by atoms with Crippen LogP contribution in [0.3, 0.4) is 0 Å². The molecule has 0 aliphatic heterocycles. The maximum absolute atomic E-state index is 12.4. The van der Waals surface area contributed by atoms with Gasteiger partial charge in [0.15, 0.2) is 0 Å². The number of hydrogen-bond acceptors (Lipinski definition) is 4. The lowest BCUT2D eigenvalue weighted by molar-refractivity contribution is -0.122. The van der Waals surface area contributed by atoms with Crippen molar-refractivity contribution < 1.29 is 9.90 Å². The van der Waals surface area contributed by atoms with Gasteiger partial charge in [-0.2, -0.15) is 0 Å². The van der Waals surface area contributed by atoms with Crippen molar-refractivity contribution in [3.05, 3.63) is 71.9 Å². The summed E-state index contributed by atoms with van der Waals surface area (Å²) in [6.07, 6.45) is 2.05. The van der Waals surface area contributed by atoms with Crippen LogP contribution in [0.4, 0.5) is 0 Å². The molecule has 1 unspecified atom stereocenters. The molecule has 1 amide bonds. The molecule has 0 radical (unpaired) electrons. The van der Waals surface area contributed by atoms with E-state index >= 15 is 0 Å². The molecule has 146 valence electrons. The van der Waals surface area contributed by atoms with E-state index in [2.05, 4.69) is 34.1 Å². The number of aliphatic hydroxyl groups excluding tert-OH is 1. The first kappa shape index (κ1) is 20.2. The number of nitrogens with one attached hydrogen (secondary N) is 1. The molecule has 1 aromatic heterocycles. The quantitative estimate of drug-likeness (QED) is 0.536. The van der Waals surface area contributed by atoms with Gasteiger partial charge in [-0.15, -0.1) is 11.8 Å². The fourth-order valence-electron chi connectivity index (χ4n) is 3.26. The van der Waals surface area contributed by atoms with E-state index < -0.39 is 6.04 Å². The molecule has 0 saturated carbocycles. The van der Waals surface area contributed by atoms with Crippen LogP contribution >= 0.6 is 11.8 Å². The van der Waals surface area contributed by atoms with E-state index in [-0.39, 0.29) is 19.1 Å². The minimum Gasteiger partial charge on any atom is -0.395 e. The second kappa shape index (κ2) is 9.10. The predicted molar refractivity (Wildman–Crippen MR) is 115 cm³/mol.